The number of hydrogen-bond acceptors (Lipinski definition) is 3. The van der Waals surface area contributed by atoms with Crippen LogP contribution in [0.25, 0.3) is 16.8 Å². The minimum absolute atomic E-state index is 0.167. The van der Waals surface area contributed by atoms with Crippen molar-refractivity contribution in [2.45, 2.75) is 34.6 Å². The number of aryl methyl sites for hydroxylation is 3. The Hall–Kier alpha value is -3.21. The molecule has 1 N–H and O–H groups in total. The van der Waals surface area contributed by atoms with Crippen LogP contribution in [-0.2, 0) is 4.79 Å². The third-order valence-corrected chi connectivity index (χ3v) is 4.82. The largest absolute Gasteiger partial charge is 0.310 e. The molecule has 5 heteroatoms. The summed E-state index contributed by atoms with van der Waals surface area (Å²) >= 11 is 0. The molecule has 3 aromatic rings. The van der Waals surface area contributed by atoms with E-state index in [1.165, 1.54) is 0 Å². The molecule has 144 valence electrons. The average molecular weight is 375 g/mol. The fourth-order valence-electron chi connectivity index (χ4n) is 2.93. The zero-order valence-corrected chi connectivity index (χ0v) is 16.9. The summed E-state index contributed by atoms with van der Waals surface area (Å²) in [5, 5.41) is 7.44. The summed E-state index contributed by atoms with van der Waals surface area (Å²) in [6.45, 7) is 9.40. The Bertz CT molecular complexity index is 1080. The molecule has 0 radical (unpaired) electrons. The van der Waals surface area contributed by atoms with Crippen LogP contribution in [0.5, 0.6) is 0 Å². The molecule has 1 aromatic heterocycles. The van der Waals surface area contributed by atoms with E-state index in [1.54, 1.807) is 11.6 Å². The van der Waals surface area contributed by atoms with Gasteiger partial charge in [0.2, 0.25) is 11.3 Å². The van der Waals surface area contributed by atoms with Crippen molar-refractivity contribution in [1.82, 2.24) is 9.78 Å². The number of nitrogens with one attached hydrogen (secondary N) is 1. The van der Waals surface area contributed by atoms with E-state index >= 15 is 0 Å². The molecule has 0 fully saturated rings. The third-order valence-electron chi connectivity index (χ3n) is 4.82. The molecule has 28 heavy (non-hydrogen) atoms. The first-order chi connectivity index (χ1) is 13.3. The molecule has 1 amide bonds. The number of benzene rings is 2. The lowest BCUT2D eigenvalue weighted by Crippen LogP contribution is -2.26. The lowest BCUT2D eigenvalue weighted by molar-refractivity contribution is -0.118. The van der Waals surface area contributed by atoms with Crippen molar-refractivity contribution in [3.05, 3.63) is 75.6 Å². The van der Waals surface area contributed by atoms with E-state index in [0.717, 1.165) is 22.4 Å². The number of carbonyl (C=O) groups is 1. The number of nitrogens with zero attached hydrogens (tertiary/aromatic N) is 2. The van der Waals surface area contributed by atoms with Crippen molar-refractivity contribution in [2.75, 3.05) is 5.32 Å². The fourth-order valence-corrected chi connectivity index (χ4v) is 2.93. The van der Waals surface area contributed by atoms with Crippen LogP contribution in [-0.4, -0.2) is 15.7 Å². The van der Waals surface area contributed by atoms with Gasteiger partial charge in [0, 0.05) is 5.92 Å². The van der Waals surface area contributed by atoms with Gasteiger partial charge in [0.15, 0.2) is 0 Å². The summed E-state index contributed by atoms with van der Waals surface area (Å²) in [6.07, 6.45) is 0. The molecule has 0 saturated heterocycles. The quantitative estimate of drug-likeness (QED) is 0.734. The van der Waals surface area contributed by atoms with Crippen LogP contribution in [0.2, 0.25) is 0 Å². The van der Waals surface area contributed by atoms with Gasteiger partial charge in [0.25, 0.3) is 0 Å². The van der Waals surface area contributed by atoms with Crippen molar-refractivity contribution in [1.29, 1.82) is 0 Å². The molecule has 0 aliphatic carbocycles. The Morgan fingerprint density at radius 1 is 1.00 bits per heavy atom. The van der Waals surface area contributed by atoms with Gasteiger partial charge in [-0.3, -0.25) is 9.59 Å². The third kappa shape index (κ3) is 3.74. The van der Waals surface area contributed by atoms with Gasteiger partial charge in [-0.05, 0) is 49.6 Å². The van der Waals surface area contributed by atoms with E-state index in [4.69, 9.17) is 0 Å². The first kappa shape index (κ1) is 19.5. The van der Waals surface area contributed by atoms with Gasteiger partial charge in [-0.15, -0.1) is 0 Å². The predicted molar refractivity (Wildman–Crippen MR) is 113 cm³/mol. The second-order valence-electron chi connectivity index (χ2n) is 7.33. The van der Waals surface area contributed by atoms with Gasteiger partial charge in [-0.2, -0.15) is 5.10 Å². The Labute approximate surface area is 165 Å². The van der Waals surface area contributed by atoms with Crippen molar-refractivity contribution in [3.8, 4) is 16.8 Å². The molecule has 0 atom stereocenters. The van der Waals surface area contributed by atoms with Gasteiger partial charge >= 0.3 is 0 Å². The zero-order chi connectivity index (χ0) is 20.4. The molecule has 5 nitrogen and oxygen atoms in total. The summed E-state index contributed by atoms with van der Waals surface area (Å²) in [5.41, 5.74) is 4.44. The van der Waals surface area contributed by atoms with E-state index in [2.05, 4.69) is 10.4 Å². The molecular weight excluding hydrogens is 350 g/mol. The molecule has 0 aliphatic heterocycles. The highest BCUT2D eigenvalue weighted by Gasteiger charge is 2.21. The summed E-state index contributed by atoms with van der Waals surface area (Å²) in [7, 11) is 0. The summed E-state index contributed by atoms with van der Waals surface area (Å²) < 4.78 is 1.66. The van der Waals surface area contributed by atoms with E-state index in [1.807, 2.05) is 76.2 Å². The van der Waals surface area contributed by atoms with Crippen LogP contribution in [0.4, 0.5) is 5.82 Å². The molecular formula is C23H25N3O2. The number of carbonyl (C=O) groups excluding carboxylic acids is 1. The Kier molecular flexibility index (Phi) is 5.45. The highest BCUT2D eigenvalue weighted by atomic mass is 16.2. The molecule has 2 aromatic carbocycles. The minimum atomic E-state index is -0.228. The molecule has 3 rings (SSSR count). The molecule has 0 bridgehead atoms. The van der Waals surface area contributed by atoms with Gasteiger partial charge < -0.3 is 5.32 Å². The zero-order valence-electron chi connectivity index (χ0n) is 16.9. The summed E-state index contributed by atoms with van der Waals surface area (Å²) in [6, 6.07) is 15.3. The van der Waals surface area contributed by atoms with Crippen LogP contribution in [0.1, 0.15) is 30.7 Å². The monoisotopic (exact) mass is 375 g/mol. The van der Waals surface area contributed by atoms with Gasteiger partial charge in [-0.1, -0.05) is 50.2 Å². The molecule has 1 heterocycles. The maximum atomic E-state index is 13.0. The molecule has 0 unspecified atom stereocenters. The van der Waals surface area contributed by atoms with Crippen molar-refractivity contribution in [2.24, 2.45) is 5.92 Å². The smallest absolute Gasteiger partial charge is 0.228 e. The van der Waals surface area contributed by atoms with E-state index in [9.17, 15) is 9.59 Å². The first-order valence-electron chi connectivity index (χ1n) is 9.37. The Balaban J connectivity index is 2.35. The highest BCUT2D eigenvalue weighted by Crippen LogP contribution is 2.28. The predicted octanol–water partition coefficient (Wildman–Crippen LogP) is 4.42. The first-order valence-corrected chi connectivity index (χ1v) is 9.37. The second kappa shape index (κ2) is 7.80. The van der Waals surface area contributed by atoms with Crippen LogP contribution < -0.4 is 10.7 Å². The van der Waals surface area contributed by atoms with Crippen molar-refractivity contribution in [3.63, 3.8) is 0 Å². The van der Waals surface area contributed by atoms with Gasteiger partial charge in [-0.25, -0.2) is 4.68 Å². The van der Waals surface area contributed by atoms with Crippen molar-refractivity contribution >= 4 is 11.7 Å². The number of rotatable bonds is 4. The van der Waals surface area contributed by atoms with E-state index in [-0.39, 0.29) is 17.3 Å². The number of hydrogen-bond donors (Lipinski definition) is 1. The fraction of sp³-hybridized carbons (Fsp3) is 0.261. The van der Waals surface area contributed by atoms with Gasteiger partial charge in [0.05, 0.1) is 11.3 Å². The molecule has 0 spiro atoms. The van der Waals surface area contributed by atoms with E-state index < -0.39 is 0 Å². The Morgan fingerprint density at radius 3 is 2.29 bits per heavy atom. The number of aromatic nitrogens is 2. The maximum absolute atomic E-state index is 13.0. The maximum Gasteiger partial charge on any atom is 0.228 e. The second-order valence-corrected chi connectivity index (χ2v) is 7.33. The van der Waals surface area contributed by atoms with Crippen LogP contribution >= 0.6 is 0 Å². The van der Waals surface area contributed by atoms with Crippen LogP contribution in [0.3, 0.4) is 0 Å². The number of amides is 1. The average Bonchev–Trinajstić information content (AvgIpc) is 2.67. The van der Waals surface area contributed by atoms with Crippen LogP contribution in [0.15, 0.2) is 53.3 Å². The molecule has 0 aliphatic rings. The summed E-state index contributed by atoms with van der Waals surface area (Å²) in [4.78, 5) is 25.6. The Morgan fingerprint density at radius 2 is 1.68 bits per heavy atom. The van der Waals surface area contributed by atoms with E-state index in [0.29, 0.717) is 17.1 Å². The normalized spacial score (nSPS) is 10.9. The SMILES string of the molecule is Cc1ccc(-n2nc(C)c(=O)c(-c3ccccc3)c2NC(=O)C(C)C)cc1C. The summed E-state index contributed by atoms with van der Waals surface area (Å²) in [5.74, 6) is -0.00296. The van der Waals surface area contributed by atoms with Gasteiger partial charge in [0.1, 0.15) is 11.5 Å². The highest BCUT2D eigenvalue weighted by molar-refractivity contribution is 5.95. The van der Waals surface area contributed by atoms with Crippen LogP contribution in [0, 0.1) is 26.7 Å². The molecule has 0 saturated carbocycles. The lowest BCUT2D eigenvalue weighted by Gasteiger charge is -2.19. The standard InChI is InChI=1S/C23H25N3O2/c1-14(2)23(28)24-22-20(18-9-7-6-8-10-18)21(27)17(5)25-26(22)19-12-11-15(3)16(4)13-19/h6-14H,1-5H3,(H,24,28). The topological polar surface area (TPSA) is 64.0 Å². The van der Waals surface area contributed by atoms with Crippen molar-refractivity contribution < 1.29 is 4.79 Å². The minimum Gasteiger partial charge on any atom is -0.310 e. The lowest BCUT2D eigenvalue weighted by atomic mass is 10.0. The number of anilines is 1.